The molecule has 136 valence electrons. The van der Waals surface area contributed by atoms with Gasteiger partial charge >= 0.3 is 0 Å². The number of thioether (sulfide) groups is 1. The normalized spacial score (nSPS) is 16.0. The van der Waals surface area contributed by atoms with Gasteiger partial charge in [-0.3, -0.25) is 9.59 Å². The Balaban J connectivity index is 1.61. The highest BCUT2D eigenvalue weighted by Gasteiger charge is 2.31. The highest BCUT2D eigenvalue weighted by Crippen LogP contribution is 2.33. The number of hydrogen-bond donors (Lipinski definition) is 1. The zero-order chi connectivity index (χ0) is 18.5. The maximum Gasteiger partial charge on any atom is 0.267 e. The van der Waals surface area contributed by atoms with Crippen molar-refractivity contribution in [3.05, 3.63) is 54.1 Å². The third kappa shape index (κ3) is 4.19. The quantitative estimate of drug-likeness (QED) is 0.842. The van der Waals surface area contributed by atoms with Gasteiger partial charge in [-0.1, -0.05) is 24.3 Å². The van der Waals surface area contributed by atoms with Crippen LogP contribution < -0.4 is 15.0 Å². The Hall–Kier alpha value is -2.47. The van der Waals surface area contributed by atoms with Crippen molar-refractivity contribution >= 4 is 35.0 Å². The van der Waals surface area contributed by atoms with Gasteiger partial charge in [-0.25, -0.2) is 0 Å². The van der Waals surface area contributed by atoms with Gasteiger partial charge < -0.3 is 15.0 Å². The van der Waals surface area contributed by atoms with E-state index in [0.29, 0.717) is 18.0 Å². The van der Waals surface area contributed by atoms with Crippen LogP contribution in [0.4, 0.5) is 11.4 Å². The summed E-state index contributed by atoms with van der Waals surface area (Å²) in [6.07, 6.45) is 1.73. The molecule has 3 rings (SSSR count). The minimum Gasteiger partial charge on any atom is -0.479 e. The molecule has 6 heteroatoms. The van der Waals surface area contributed by atoms with Crippen molar-refractivity contribution in [1.29, 1.82) is 0 Å². The van der Waals surface area contributed by atoms with E-state index in [1.54, 1.807) is 23.6 Å². The molecule has 2 aromatic rings. The van der Waals surface area contributed by atoms with Crippen molar-refractivity contribution in [3.8, 4) is 5.75 Å². The number of hydrogen-bond acceptors (Lipinski definition) is 4. The lowest BCUT2D eigenvalue weighted by atomic mass is 10.1. The second-order valence-corrected chi connectivity index (χ2v) is 7.01. The number of rotatable bonds is 6. The molecule has 0 aromatic heterocycles. The number of carbonyl (C=O) groups is 2. The first kappa shape index (κ1) is 18.3. The molecule has 1 heterocycles. The van der Waals surface area contributed by atoms with Crippen molar-refractivity contribution in [3.63, 3.8) is 0 Å². The second-order valence-electron chi connectivity index (χ2n) is 6.15. The summed E-state index contributed by atoms with van der Waals surface area (Å²) in [6.45, 7) is 2.04. The van der Waals surface area contributed by atoms with Gasteiger partial charge in [0.05, 0.1) is 5.69 Å². The molecule has 0 fully saturated rings. The van der Waals surface area contributed by atoms with Gasteiger partial charge in [0.25, 0.3) is 5.91 Å². The molecule has 1 aliphatic rings. The number of ether oxygens (including phenoxy) is 1. The molecule has 5 nitrogen and oxygen atoms in total. The molecule has 0 saturated heterocycles. The number of carbonyl (C=O) groups excluding carboxylic acids is 2. The Morgan fingerprint density at radius 1 is 1.19 bits per heavy atom. The van der Waals surface area contributed by atoms with E-state index in [2.05, 4.69) is 11.6 Å². The summed E-state index contributed by atoms with van der Waals surface area (Å²) in [5.41, 5.74) is 2.70. The van der Waals surface area contributed by atoms with Crippen molar-refractivity contribution in [1.82, 2.24) is 0 Å². The highest BCUT2D eigenvalue weighted by atomic mass is 32.2. The van der Waals surface area contributed by atoms with Crippen LogP contribution in [-0.4, -0.2) is 30.7 Å². The number of nitrogens with zero attached hydrogens (tertiary/aromatic N) is 1. The Labute approximate surface area is 157 Å². The van der Waals surface area contributed by atoms with E-state index >= 15 is 0 Å². The third-order valence-electron chi connectivity index (χ3n) is 4.18. The fourth-order valence-electron chi connectivity index (χ4n) is 2.88. The average Bonchev–Trinajstić information content (AvgIpc) is 2.64. The van der Waals surface area contributed by atoms with Gasteiger partial charge in [0.1, 0.15) is 5.75 Å². The zero-order valence-electron chi connectivity index (χ0n) is 14.9. The molecule has 1 atom stereocenters. The highest BCUT2D eigenvalue weighted by molar-refractivity contribution is 7.97. The van der Waals surface area contributed by atoms with Crippen LogP contribution in [-0.2, 0) is 15.3 Å². The molecule has 0 spiro atoms. The lowest BCUT2D eigenvalue weighted by molar-refractivity contribution is -0.125. The van der Waals surface area contributed by atoms with E-state index in [4.69, 9.17) is 4.74 Å². The standard InChI is InChI=1S/C20H22N2O3S/c1-14-20(24)22(17-5-3-4-6-18(17)25-14)12-11-19(23)21-16-9-7-15(8-10-16)13-26-2/h3-10,14H,11-13H2,1-2H3,(H,21,23). The third-order valence-corrected chi connectivity index (χ3v) is 4.81. The molecule has 0 radical (unpaired) electrons. The lowest BCUT2D eigenvalue weighted by Gasteiger charge is -2.32. The monoisotopic (exact) mass is 370 g/mol. The van der Waals surface area contributed by atoms with E-state index in [-0.39, 0.29) is 18.2 Å². The number of benzene rings is 2. The Bertz CT molecular complexity index is 792. The summed E-state index contributed by atoms with van der Waals surface area (Å²) >= 11 is 1.76. The predicted octanol–water partition coefficient (Wildman–Crippen LogP) is 3.69. The van der Waals surface area contributed by atoms with Crippen molar-refractivity contribution in [2.45, 2.75) is 25.2 Å². The first-order chi connectivity index (χ1) is 12.6. The maximum atomic E-state index is 12.4. The molecule has 0 bridgehead atoms. The molecule has 0 aliphatic carbocycles. The zero-order valence-corrected chi connectivity index (χ0v) is 15.7. The van der Waals surface area contributed by atoms with Crippen LogP contribution in [0.1, 0.15) is 18.9 Å². The van der Waals surface area contributed by atoms with E-state index in [0.717, 1.165) is 11.4 Å². The first-order valence-corrected chi connectivity index (χ1v) is 9.92. The maximum absolute atomic E-state index is 12.4. The topological polar surface area (TPSA) is 58.6 Å². The molecule has 1 unspecified atom stereocenters. The predicted molar refractivity (Wildman–Crippen MR) is 106 cm³/mol. The summed E-state index contributed by atoms with van der Waals surface area (Å²) in [5, 5.41) is 2.89. The molecule has 1 N–H and O–H groups in total. The molecule has 26 heavy (non-hydrogen) atoms. The minimum absolute atomic E-state index is 0.118. The molecule has 0 saturated carbocycles. The Morgan fingerprint density at radius 3 is 2.65 bits per heavy atom. The molecule has 1 aliphatic heterocycles. The van der Waals surface area contributed by atoms with Gasteiger partial charge in [-0.15, -0.1) is 0 Å². The van der Waals surface area contributed by atoms with Crippen LogP contribution in [0.5, 0.6) is 5.75 Å². The molecular weight excluding hydrogens is 348 g/mol. The summed E-state index contributed by atoms with van der Waals surface area (Å²) in [6, 6.07) is 15.2. The number of anilines is 2. The smallest absolute Gasteiger partial charge is 0.267 e. The largest absolute Gasteiger partial charge is 0.479 e. The van der Waals surface area contributed by atoms with E-state index < -0.39 is 6.10 Å². The van der Waals surface area contributed by atoms with Crippen LogP contribution in [0.25, 0.3) is 0 Å². The van der Waals surface area contributed by atoms with E-state index in [1.807, 2.05) is 48.5 Å². The van der Waals surface area contributed by atoms with Crippen molar-refractivity contribution in [2.24, 2.45) is 0 Å². The fraction of sp³-hybridized carbons (Fsp3) is 0.300. The SMILES string of the molecule is CSCc1ccc(NC(=O)CCN2C(=O)C(C)Oc3ccccc32)cc1. The Kier molecular flexibility index (Phi) is 5.83. The van der Waals surface area contributed by atoms with Gasteiger partial charge in [-0.2, -0.15) is 11.8 Å². The van der Waals surface area contributed by atoms with E-state index in [1.165, 1.54) is 5.56 Å². The van der Waals surface area contributed by atoms with Gasteiger partial charge in [-0.05, 0) is 43.0 Å². The average molecular weight is 370 g/mol. The summed E-state index contributed by atoms with van der Waals surface area (Å²) in [5.74, 6) is 1.37. The number of nitrogens with one attached hydrogen (secondary N) is 1. The van der Waals surface area contributed by atoms with Crippen molar-refractivity contribution in [2.75, 3.05) is 23.0 Å². The number of para-hydroxylation sites is 2. The fourth-order valence-corrected chi connectivity index (χ4v) is 3.40. The lowest BCUT2D eigenvalue weighted by Crippen LogP contribution is -2.45. The molecule has 2 amide bonds. The molecular formula is C20H22N2O3S. The second kappa shape index (κ2) is 8.27. The summed E-state index contributed by atoms with van der Waals surface area (Å²) < 4.78 is 5.61. The van der Waals surface area contributed by atoms with Crippen LogP contribution in [0.2, 0.25) is 0 Å². The van der Waals surface area contributed by atoms with Gasteiger partial charge in [0.2, 0.25) is 5.91 Å². The Morgan fingerprint density at radius 2 is 1.92 bits per heavy atom. The number of amides is 2. The number of fused-ring (bicyclic) bond motifs is 1. The summed E-state index contributed by atoms with van der Waals surface area (Å²) in [4.78, 5) is 26.3. The van der Waals surface area contributed by atoms with Crippen LogP contribution in [0, 0.1) is 0 Å². The molecule has 2 aromatic carbocycles. The first-order valence-electron chi connectivity index (χ1n) is 8.53. The van der Waals surface area contributed by atoms with E-state index in [9.17, 15) is 9.59 Å². The van der Waals surface area contributed by atoms with Gasteiger partial charge in [0.15, 0.2) is 6.10 Å². The van der Waals surface area contributed by atoms with Gasteiger partial charge in [0, 0.05) is 24.4 Å². The summed E-state index contributed by atoms with van der Waals surface area (Å²) in [7, 11) is 0. The van der Waals surface area contributed by atoms with Crippen LogP contribution >= 0.6 is 11.8 Å². The van der Waals surface area contributed by atoms with Crippen LogP contribution in [0.15, 0.2) is 48.5 Å². The minimum atomic E-state index is -0.544. The van der Waals surface area contributed by atoms with Crippen LogP contribution in [0.3, 0.4) is 0 Å². The van der Waals surface area contributed by atoms with Crippen molar-refractivity contribution < 1.29 is 14.3 Å².